The van der Waals surface area contributed by atoms with Gasteiger partial charge in [-0.3, -0.25) is 0 Å². The van der Waals surface area contributed by atoms with E-state index < -0.39 is 18.8 Å². The Morgan fingerprint density at radius 3 is 1.04 bits per heavy atom. The van der Waals surface area contributed by atoms with Crippen LogP contribution >= 0.6 is 0 Å². The number of methoxy groups -OCH3 is 3. The van der Waals surface area contributed by atoms with Crippen molar-refractivity contribution in [2.45, 2.75) is 4.87 Å². The fourth-order valence-corrected chi connectivity index (χ4v) is 14.1. The third-order valence-electron chi connectivity index (χ3n) is 4.70. The summed E-state index contributed by atoms with van der Waals surface area (Å²) in [6, 6.07) is 24.9. The molecule has 0 atom stereocenters. The number of para-hydroxylation sites is 3. The second kappa shape index (κ2) is 8.05. The Balaban J connectivity index is 2.40. The molecule has 1 radical (unpaired) electrons. The Bertz CT molecular complexity index is 776. The molecule has 0 bridgehead atoms. The van der Waals surface area contributed by atoms with Crippen LogP contribution in [0.25, 0.3) is 0 Å². The average Bonchev–Trinajstić information content (AvgIpc) is 2.73. The number of hydrogen-bond acceptors (Lipinski definition) is 3. The van der Waals surface area contributed by atoms with Gasteiger partial charge in [0.1, 0.15) is 0 Å². The summed E-state index contributed by atoms with van der Waals surface area (Å²) >= 11 is -3.30. The van der Waals surface area contributed by atoms with Gasteiger partial charge in [0, 0.05) is 0 Å². The number of hydrogen-bond donors (Lipinski definition) is 0. The first-order valence-electron chi connectivity index (χ1n) is 8.44. The number of ether oxygens (including phenoxy) is 3. The van der Waals surface area contributed by atoms with Crippen molar-refractivity contribution in [3.63, 3.8) is 0 Å². The van der Waals surface area contributed by atoms with E-state index in [2.05, 4.69) is 41.3 Å². The fraction of sp³-hybridized carbons (Fsp3) is 0.182. The molecule has 0 spiro atoms. The van der Waals surface area contributed by atoms with Gasteiger partial charge in [0.25, 0.3) is 0 Å². The molecule has 0 aliphatic carbocycles. The van der Waals surface area contributed by atoms with Gasteiger partial charge in [0.05, 0.1) is 0 Å². The summed E-state index contributed by atoms with van der Waals surface area (Å²) in [4.78, 5) is 2.38. The predicted molar refractivity (Wildman–Crippen MR) is 110 cm³/mol. The molecule has 0 fully saturated rings. The molecule has 0 heterocycles. The van der Waals surface area contributed by atoms with Gasteiger partial charge in [-0.05, 0) is 0 Å². The summed E-state index contributed by atoms with van der Waals surface area (Å²) in [5.74, 6) is 2.74. The van der Waals surface area contributed by atoms with E-state index in [1.807, 2.05) is 36.4 Å². The van der Waals surface area contributed by atoms with E-state index in [1.165, 1.54) is 10.5 Å². The Labute approximate surface area is 159 Å². The molecule has 0 amide bonds. The van der Waals surface area contributed by atoms with Crippen LogP contribution in [-0.2, 0) is 0 Å². The molecule has 3 rings (SSSR count). The van der Waals surface area contributed by atoms with Crippen molar-refractivity contribution in [3.05, 3.63) is 72.8 Å². The number of benzene rings is 3. The van der Waals surface area contributed by atoms with Crippen molar-refractivity contribution in [2.24, 2.45) is 0 Å². The molecular weight excluding hydrogens is 434 g/mol. The Morgan fingerprint density at radius 2 is 0.769 bits per heavy atom. The molecule has 0 N–H and O–H groups in total. The third kappa shape index (κ3) is 3.17. The van der Waals surface area contributed by atoms with E-state index in [0.29, 0.717) is 0 Å². The van der Waals surface area contributed by atoms with Gasteiger partial charge in [-0.2, -0.15) is 0 Å². The summed E-state index contributed by atoms with van der Waals surface area (Å²) in [5.41, 5.74) is 0. The standard InChI is InChI=1S/3C7H7O.CH3.Sb/c3*1-8-7-5-3-2-4-6-7;;/h3*2-5H,1H3;1H3;. The average molecular weight is 458 g/mol. The van der Waals surface area contributed by atoms with Gasteiger partial charge in [-0.15, -0.1) is 0 Å². The van der Waals surface area contributed by atoms with Gasteiger partial charge in [-0.25, -0.2) is 0 Å². The van der Waals surface area contributed by atoms with Crippen molar-refractivity contribution in [3.8, 4) is 17.2 Å². The number of rotatable bonds is 6. The third-order valence-corrected chi connectivity index (χ3v) is 16.1. The van der Waals surface area contributed by atoms with Crippen LogP contribution in [-0.4, -0.2) is 40.1 Å². The summed E-state index contributed by atoms with van der Waals surface area (Å²) in [5, 5.41) is 0. The zero-order chi connectivity index (χ0) is 18.6. The van der Waals surface area contributed by atoms with Crippen molar-refractivity contribution < 1.29 is 14.2 Å². The van der Waals surface area contributed by atoms with Crippen LogP contribution in [0.4, 0.5) is 0 Å². The predicted octanol–water partition coefficient (Wildman–Crippen LogP) is 2.81. The first kappa shape index (κ1) is 18.7. The van der Waals surface area contributed by atoms with E-state index in [0.717, 1.165) is 17.2 Å². The van der Waals surface area contributed by atoms with Crippen molar-refractivity contribution in [1.82, 2.24) is 0 Å². The summed E-state index contributed by atoms with van der Waals surface area (Å²) in [6.07, 6.45) is 0. The van der Waals surface area contributed by atoms with Gasteiger partial charge in [0.15, 0.2) is 0 Å². The Hall–Kier alpha value is -2.12. The van der Waals surface area contributed by atoms with E-state index >= 15 is 0 Å². The molecular formula is C22H24O3Sb. The van der Waals surface area contributed by atoms with Crippen LogP contribution in [0.3, 0.4) is 0 Å². The maximum atomic E-state index is 5.75. The second-order valence-corrected chi connectivity index (χ2v) is 15.9. The zero-order valence-corrected chi connectivity index (χ0v) is 18.2. The molecule has 0 saturated heterocycles. The zero-order valence-electron chi connectivity index (χ0n) is 15.6. The first-order valence-corrected chi connectivity index (χ1v) is 14.8. The molecule has 0 aromatic heterocycles. The van der Waals surface area contributed by atoms with Crippen LogP contribution in [0, 0.1) is 0 Å². The second-order valence-electron chi connectivity index (χ2n) is 6.02. The molecule has 4 heteroatoms. The SMILES string of the molecule is COc1cccc[c]1[Sb]([CH3])([c]1ccccc1OC)[c]1ccccc1OC. The van der Waals surface area contributed by atoms with E-state index in [9.17, 15) is 0 Å². The normalized spacial score (nSPS) is 11.1. The van der Waals surface area contributed by atoms with E-state index in [1.54, 1.807) is 21.3 Å². The van der Waals surface area contributed by atoms with Crippen molar-refractivity contribution in [2.75, 3.05) is 21.3 Å². The molecule has 135 valence electrons. The van der Waals surface area contributed by atoms with Crippen molar-refractivity contribution >= 4 is 29.3 Å². The van der Waals surface area contributed by atoms with E-state index in [4.69, 9.17) is 14.2 Å². The minimum absolute atomic E-state index is 0.915. The fourth-order valence-electron chi connectivity index (χ4n) is 3.39. The summed E-state index contributed by atoms with van der Waals surface area (Å²) in [6.45, 7) is 0. The van der Waals surface area contributed by atoms with Gasteiger partial charge < -0.3 is 0 Å². The molecule has 3 aromatic carbocycles. The van der Waals surface area contributed by atoms with Crippen molar-refractivity contribution in [1.29, 1.82) is 0 Å². The summed E-state index contributed by atoms with van der Waals surface area (Å²) < 4.78 is 21.0. The van der Waals surface area contributed by atoms with E-state index in [-0.39, 0.29) is 0 Å². The quantitative estimate of drug-likeness (QED) is 0.532. The topological polar surface area (TPSA) is 27.7 Å². The monoisotopic (exact) mass is 457 g/mol. The van der Waals surface area contributed by atoms with Crippen LogP contribution in [0.1, 0.15) is 0 Å². The molecule has 26 heavy (non-hydrogen) atoms. The van der Waals surface area contributed by atoms with Crippen LogP contribution < -0.4 is 24.7 Å². The van der Waals surface area contributed by atoms with Crippen LogP contribution in [0.5, 0.6) is 17.2 Å². The first-order chi connectivity index (χ1) is 12.7. The van der Waals surface area contributed by atoms with Gasteiger partial charge >= 0.3 is 160 Å². The Morgan fingerprint density at radius 1 is 0.500 bits per heavy atom. The Kier molecular flexibility index (Phi) is 5.78. The molecule has 0 aliphatic rings. The maximum absolute atomic E-state index is 5.75. The molecule has 3 nitrogen and oxygen atoms in total. The molecule has 0 saturated carbocycles. The minimum atomic E-state index is -3.30. The van der Waals surface area contributed by atoms with Gasteiger partial charge in [0.2, 0.25) is 0 Å². The van der Waals surface area contributed by atoms with Crippen LogP contribution in [0.15, 0.2) is 72.8 Å². The van der Waals surface area contributed by atoms with Gasteiger partial charge in [-0.1, -0.05) is 0 Å². The molecule has 0 aliphatic heterocycles. The van der Waals surface area contributed by atoms with Crippen LogP contribution in [0.2, 0.25) is 4.87 Å². The molecule has 0 unspecified atom stereocenters. The molecule has 3 aromatic rings. The summed E-state index contributed by atoms with van der Waals surface area (Å²) in [7, 11) is 5.19.